The summed E-state index contributed by atoms with van der Waals surface area (Å²) < 4.78 is 0. The number of hydrogen-bond donors (Lipinski definition) is 1. The molecule has 0 saturated carbocycles. The fourth-order valence-corrected chi connectivity index (χ4v) is 3.93. The van der Waals surface area contributed by atoms with Crippen molar-refractivity contribution in [2.45, 2.75) is 63.5 Å². The van der Waals surface area contributed by atoms with Gasteiger partial charge in [-0.15, -0.1) is 0 Å². The molecule has 0 amide bonds. The summed E-state index contributed by atoms with van der Waals surface area (Å²) in [7, 11) is 0. The zero-order valence-electron chi connectivity index (χ0n) is 12.0. The van der Waals surface area contributed by atoms with E-state index in [-0.39, 0.29) is 0 Å². The van der Waals surface area contributed by atoms with E-state index in [0.717, 1.165) is 16.5 Å². The number of nitrogens with zero attached hydrogens (tertiary/aromatic N) is 1. The second-order valence-electron chi connectivity index (χ2n) is 5.45. The molecule has 1 N–H and O–H groups in total. The zero-order valence-corrected chi connectivity index (χ0v) is 12.9. The summed E-state index contributed by atoms with van der Waals surface area (Å²) in [5.74, 6) is 0. The predicted molar refractivity (Wildman–Crippen MR) is 79.9 cm³/mol. The SMILES string of the molecule is CCCNCCCC(C)N1CC(C)SC(C)C1. The van der Waals surface area contributed by atoms with Crippen molar-refractivity contribution >= 4 is 11.8 Å². The normalized spacial score (nSPS) is 28.2. The van der Waals surface area contributed by atoms with Crippen LogP contribution in [0.1, 0.15) is 47.0 Å². The topological polar surface area (TPSA) is 15.3 Å². The van der Waals surface area contributed by atoms with Crippen LogP contribution >= 0.6 is 11.8 Å². The van der Waals surface area contributed by atoms with Gasteiger partial charge in [0, 0.05) is 29.6 Å². The highest BCUT2D eigenvalue weighted by Gasteiger charge is 2.25. The van der Waals surface area contributed by atoms with Gasteiger partial charge in [-0.25, -0.2) is 0 Å². The first-order chi connectivity index (χ1) is 8.13. The number of nitrogens with one attached hydrogen (secondary N) is 1. The van der Waals surface area contributed by atoms with Gasteiger partial charge in [0.2, 0.25) is 0 Å². The molecule has 102 valence electrons. The third kappa shape index (κ3) is 6.12. The largest absolute Gasteiger partial charge is 0.317 e. The van der Waals surface area contributed by atoms with Gasteiger partial charge in [-0.1, -0.05) is 20.8 Å². The molecular weight excluding hydrogens is 228 g/mol. The first-order valence-electron chi connectivity index (χ1n) is 7.23. The van der Waals surface area contributed by atoms with Gasteiger partial charge in [0.1, 0.15) is 0 Å². The lowest BCUT2D eigenvalue weighted by molar-refractivity contribution is 0.195. The Morgan fingerprint density at radius 2 is 1.88 bits per heavy atom. The zero-order chi connectivity index (χ0) is 12.7. The van der Waals surface area contributed by atoms with E-state index < -0.39 is 0 Å². The Kier molecular flexibility index (Phi) is 7.56. The molecule has 1 saturated heterocycles. The Hall–Kier alpha value is 0.270. The average Bonchev–Trinajstić information content (AvgIpc) is 2.27. The second-order valence-corrected chi connectivity index (χ2v) is 7.33. The van der Waals surface area contributed by atoms with Crippen molar-refractivity contribution in [2.24, 2.45) is 0 Å². The highest BCUT2D eigenvalue weighted by molar-refractivity contribution is 8.00. The van der Waals surface area contributed by atoms with Crippen LogP contribution in [0.5, 0.6) is 0 Å². The Labute approximate surface area is 112 Å². The maximum atomic E-state index is 3.49. The van der Waals surface area contributed by atoms with E-state index in [1.54, 1.807) is 0 Å². The molecule has 2 nitrogen and oxygen atoms in total. The number of thioether (sulfide) groups is 1. The highest BCUT2D eigenvalue weighted by Crippen LogP contribution is 2.26. The summed E-state index contributed by atoms with van der Waals surface area (Å²) in [5, 5.41) is 5.10. The van der Waals surface area contributed by atoms with Crippen molar-refractivity contribution in [1.82, 2.24) is 10.2 Å². The van der Waals surface area contributed by atoms with Crippen molar-refractivity contribution in [3.8, 4) is 0 Å². The molecule has 0 radical (unpaired) electrons. The molecule has 1 rings (SSSR count). The lowest BCUT2D eigenvalue weighted by Crippen LogP contribution is -2.45. The van der Waals surface area contributed by atoms with E-state index in [9.17, 15) is 0 Å². The molecule has 3 unspecified atom stereocenters. The smallest absolute Gasteiger partial charge is 0.0149 e. The molecular formula is C14H30N2S. The molecule has 1 aliphatic heterocycles. The Morgan fingerprint density at radius 3 is 2.47 bits per heavy atom. The van der Waals surface area contributed by atoms with Gasteiger partial charge in [-0.2, -0.15) is 11.8 Å². The van der Waals surface area contributed by atoms with E-state index in [1.807, 2.05) is 0 Å². The number of hydrogen-bond acceptors (Lipinski definition) is 3. The summed E-state index contributed by atoms with van der Waals surface area (Å²) in [4.78, 5) is 2.69. The highest BCUT2D eigenvalue weighted by atomic mass is 32.2. The molecule has 3 heteroatoms. The van der Waals surface area contributed by atoms with Gasteiger partial charge in [0.05, 0.1) is 0 Å². The van der Waals surface area contributed by atoms with Crippen LogP contribution in [0, 0.1) is 0 Å². The predicted octanol–water partition coefficient (Wildman–Crippen LogP) is 2.98. The maximum Gasteiger partial charge on any atom is 0.0149 e. The van der Waals surface area contributed by atoms with Gasteiger partial charge in [0.15, 0.2) is 0 Å². The van der Waals surface area contributed by atoms with E-state index in [0.29, 0.717) is 0 Å². The fraction of sp³-hybridized carbons (Fsp3) is 1.00. The molecule has 0 aliphatic carbocycles. The van der Waals surface area contributed by atoms with Crippen molar-refractivity contribution in [2.75, 3.05) is 26.2 Å². The van der Waals surface area contributed by atoms with Crippen LogP contribution in [0.15, 0.2) is 0 Å². The average molecular weight is 258 g/mol. The molecule has 0 spiro atoms. The molecule has 0 aromatic heterocycles. The summed E-state index contributed by atoms with van der Waals surface area (Å²) in [5.41, 5.74) is 0. The summed E-state index contributed by atoms with van der Waals surface area (Å²) >= 11 is 2.14. The van der Waals surface area contributed by atoms with Crippen molar-refractivity contribution < 1.29 is 0 Å². The molecule has 1 heterocycles. The molecule has 1 fully saturated rings. The summed E-state index contributed by atoms with van der Waals surface area (Å²) in [6.07, 6.45) is 3.89. The minimum absolute atomic E-state index is 0.754. The van der Waals surface area contributed by atoms with Gasteiger partial charge < -0.3 is 5.32 Å². The van der Waals surface area contributed by atoms with Crippen LogP contribution in [0.2, 0.25) is 0 Å². The van der Waals surface area contributed by atoms with E-state index in [2.05, 4.69) is 49.7 Å². The van der Waals surface area contributed by atoms with Crippen LogP contribution < -0.4 is 5.32 Å². The third-order valence-electron chi connectivity index (χ3n) is 3.47. The standard InChI is InChI=1S/C14H30N2S/c1-5-8-15-9-6-7-12(2)16-10-13(3)17-14(4)11-16/h12-15H,5-11H2,1-4H3. The molecule has 0 aromatic rings. The Balaban J connectivity index is 2.15. The van der Waals surface area contributed by atoms with Crippen LogP contribution in [0.4, 0.5) is 0 Å². The van der Waals surface area contributed by atoms with Crippen LogP contribution in [0.3, 0.4) is 0 Å². The van der Waals surface area contributed by atoms with Gasteiger partial charge >= 0.3 is 0 Å². The van der Waals surface area contributed by atoms with E-state index in [4.69, 9.17) is 0 Å². The fourth-order valence-electron chi connectivity index (χ4n) is 2.58. The summed E-state index contributed by atoms with van der Waals surface area (Å²) in [6.45, 7) is 14.3. The van der Waals surface area contributed by atoms with Crippen LogP contribution in [0.25, 0.3) is 0 Å². The quantitative estimate of drug-likeness (QED) is 0.707. The van der Waals surface area contributed by atoms with Gasteiger partial charge in [-0.05, 0) is 39.3 Å². The minimum atomic E-state index is 0.754. The van der Waals surface area contributed by atoms with Crippen molar-refractivity contribution in [3.05, 3.63) is 0 Å². The van der Waals surface area contributed by atoms with Crippen LogP contribution in [-0.4, -0.2) is 47.6 Å². The molecule has 0 aromatic carbocycles. The van der Waals surface area contributed by atoms with Crippen LogP contribution in [-0.2, 0) is 0 Å². The third-order valence-corrected chi connectivity index (χ3v) is 4.70. The van der Waals surface area contributed by atoms with Gasteiger partial charge in [-0.3, -0.25) is 4.90 Å². The Morgan fingerprint density at radius 1 is 1.24 bits per heavy atom. The van der Waals surface area contributed by atoms with Gasteiger partial charge in [0.25, 0.3) is 0 Å². The second kappa shape index (κ2) is 8.39. The summed E-state index contributed by atoms with van der Waals surface area (Å²) in [6, 6.07) is 0.754. The lowest BCUT2D eigenvalue weighted by Gasteiger charge is -2.38. The van der Waals surface area contributed by atoms with E-state index >= 15 is 0 Å². The molecule has 1 aliphatic rings. The van der Waals surface area contributed by atoms with E-state index in [1.165, 1.54) is 45.4 Å². The monoisotopic (exact) mass is 258 g/mol. The van der Waals surface area contributed by atoms with Crippen molar-refractivity contribution in [1.29, 1.82) is 0 Å². The molecule has 3 atom stereocenters. The first-order valence-corrected chi connectivity index (χ1v) is 8.18. The molecule has 0 bridgehead atoms. The first kappa shape index (κ1) is 15.3. The lowest BCUT2D eigenvalue weighted by atomic mass is 10.1. The van der Waals surface area contributed by atoms with Crippen molar-refractivity contribution in [3.63, 3.8) is 0 Å². The number of rotatable bonds is 7. The maximum absolute atomic E-state index is 3.49. The molecule has 17 heavy (non-hydrogen) atoms. The Bertz CT molecular complexity index is 189. The minimum Gasteiger partial charge on any atom is -0.317 e.